The van der Waals surface area contributed by atoms with Crippen LogP contribution in [-0.2, 0) is 13.2 Å². The molecule has 0 aromatic heterocycles. The van der Waals surface area contributed by atoms with Gasteiger partial charge >= 0.3 is 0 Å². The molecule has 3 nitrogen and oxygen atoms in total. The van der Waals surface area contributed by atoms with Crippen molar-refractivity contribution in [3.8, 4) is 11.5 Å². The third kappa shape index (κ3) is 4.93. The van der Waals surface area contributed by atoms with Crippen LogP contribution in [0.15, 0.2) is 71.2 Å². The van der Waals surface area contributed by atoms with Crippen molar-refractivity contribution >= 4 is 33.2 Å². The molecule has 0 radical (unpaired) electrons. The third-order valence-corrected chi connectivity index (χ3v) is 4.80. The van der Waals surface area contributed by atoms with Crippen molar-refractivity contribution in [1.29, 1.82) is 0 Å². The van der Waals surface area contributed by atoms with Crippen molar-refractivity contribution in [2.75, 3.05) is 12.4 Å². The SMILES string of the molecule is COc1ccc(NCc2ccc(OCc3ccccc3)c(Br)c2)cc1Cl. The van der Waals surface area contributed by atoms with Crippen LogP contribution in [0.3, 0.4) is 0 Å². The van der Waals surface area contributed by atoms with E-state index in [0.717, 1.165) is 27.0 Å². The minimum atomic E-state index is 0.543. The van der Waals surface area contributed by atoms with Crippen LogP contribution in [0.2, 0.25) is 5.02 Å². The van der Waals surface area contributed by atoms with Crippen LogP contribution >= 0.6 is 27.5 Å². The zero-order valence-corrected chi connectivity index (χ0v) is 16.7. The molecule has 5 heteroatoms. The highest BCUT2D eigenvalue weighted by Crippen LogP contribution is 2.29. The van der Waals surface area contributed by atoms with Gasteiger partial charge in [0.15, 0.2) is 0 Å². The first-order chi connectivity index (χ1) is 12.7. The molecule has 26 heavy (non-hydrogen) atoms. The second-order valence-corrected chi connectivity index (χ2v) is 7.00. The van der Waals surface area contributed by atoms with Gasteiger partial charge in [-0.2, -0.15) is 0 Å². The lowest BCUT2D eigenvalue weighted by Gasteiger charge is -2.12. The Kier molecular flexibility index (Phi) is 6.42. The fourth-order valence-electron chi connectivity index (χ4n) is 2.49. The number of rotatable bonds is 7. The summed E-state index contributed by atoms with van der Waals surface area (Å²) in [5, 5.41) is 3.94. The minimum Gasteiger partial charge on any atom is -0.495 e. The van der Waals surface area contributed by atoms with E-state index in [4.69, 9.17) is 21.1 Å². The highest BCUT2D eigenvalue weighted by molar-refractivity contribution is 9.10. The van der Waals surface area contributed by atoms with E-state index in [1.807, 2.05) is 60.7 Å². The molecule has 0 saturated heterocycles. The Balaban J connectivity index is 1.59. The molecular weight excluding hydrogens is 414 g/mol. The lowest BCUT2D eigenvalue weighted by Crippen LogP contribution is -2.01. The molecule has 3 aromatic carbocycles. The number of benzene rings is 3. The molecule has 0 atom stereocenters. The molecular formula is C21H19BrClNO2. The van der Waals surface area contributed by atoms with Gasteiger partial charge in [0.05, 0.1) is 16.6 Å². The smallest absolute Gasteiger partial charge is 0.137 e. The minimum absolute atomic E-state index is 0.543. The van der Waals surface area contributed by atoms with Crippen LogP contribution in [0.1, 0.15) is 11.1 Å². The summed E-state index contributed by atoms with van der Waals surface area (Å²) in [4.78, 5) is 0. The number of methoxy groups -OCH3 is 1. The van der Waals surface area contributed by atoms with E-state index < -0.39 is 0 Å². The average Bonchev–Trinajstić information content (AvgIpc) is 2.66. The van der Waals surface area contributed by atoms with Crippen molar-refractivity contribution in [3.63, 3.8) is 0 Å². The molecule has 0 aliphatic carbocycles. The van der Waals surface area contributed by atoms with E-state index in [0.29, 0.717) is 23.9 Å². The van der Waals surface area contributed by atoms with E-state index in [9.17, 15) is 0 Å². The van der Waals surface area contributed by atoms with Crippen LogP contribution in [0, 0.1) is 0 Å². The van der Waals surface area contributed by atoms with Gasteiger partial charge < -0.3 is 14.8 Å². The summed E-state index contributed by atoms with van der Waals surface area (Å²) in [7, 11) is 1.60. The quantitative estimate of drug-likeness (QED) is 0.475. The standard InChI is InChI=1S/C21H19BrClNO2/c1-25-21-10-8-17(12-19(21)23)24-13-16-7-9-20(18(22)11-16)26-14-15-5-3-2-4-6-15/h2-12,24H,13-14H2,1H3. The molecule has 3 aromatic rings. The van der Waals surface area contributed by atoms with Gasteiger partial charge in [0.2, 0.25) is 0 Å². The molecule has 1 N–H and O–H groups in total. The monoisotopic (exact) mass is 431 g/mol. The predicted molar refractivity (Wildman–Crippen MR) is 110 cm³/mol. The normalized spacial score (nSPS) is 10.4. The van der Waals surface area contributed by atoms with Gasteiger partial charge in [-0.3, -0.25) is 0 Å². The number of halogens is 2. The van der Waals surface area contributed by atoms with Crippen molar-refractivity contribution < 1.29 is 9.47 Å². The largest absolute Gasteiger partial charge is 0.495 e. The van der Waals surface area contributed by atoms with Gasteiger partial charge in [-0.25, -0.2) is 0 Å². The summed E-state index contributed by atoms with van der Waals surface area (Å²) in [6.07, 6.45) is 0. The fourth-order valence-corrected chi connectivity index (χ4v) is 3.29. The molecule has 0 unspecified atom stereocenters. The maximum absolute atomic E-state index is 6.15. The summed E-state index contributed by atoms with van der Waals surface area (Å²) in [5.74, 6) is 1.49. The van der Waals surface area contributed by atoms with Gasteiger partial charge in [-0.1, -0.05) is 48.0 Å². The van der Waals surface area contributed by atoms with Gasteiger partial charge in [0.25, 0.3) is 0 Å². The number of ether oxygens (including phenoxy) is 2. The van der Waals surface area contributed by atoms with Crippen molar-refractivity contribution in [2.24, 2.45) is 0 Å². The number of hydrogen-bond acceptors (Lipinski definition) is 3. The van der Waals surface area contributed by atoms with E-state index in [1.165, 1.54) is 0 Å². The summed E-state index contributed by atoms with van der Waals surface area (Å²) < 4.78 is 12.0. The summed E-state index contributed by atoms with van der Waals surface area (Å²) in [6.45, 7) is 1.22. The molecule has 3 rings (SSSR count). The Labute approximate surface area is 167 Å². The van der Waals surface area contributed by atoms with Crippen molar-refractivity contribution in [2.45, 2.75) is 13.2 Å². The zero-order valence-electron chi connectivity index (χ0n) is 14.3. The molecule has 0 fully saturated rings. The topological polar surface area (TPSA) is 30.5 Å². The Morgan fingerprint density at radius 1 is 0.923 bits per heavy atom. The van der Waals surface area contributed by atoms with E-state index in [1.54, 1.807) is 7.11 Å². The molecule has 0 aliphatic heterocycles. The molecule has 0 amide bonds. The van der Waals surface area contributed by atoms with Crippen LogP contribution in [0.25, 0.3) is 0 Å². The van der Waals surface area contributed by atoms with Gasteiger partial charge in [-0.05, 0) is 57.4 Å². The number of hydrogen-bond donors (Lipinski definition) is 1. The van der Waals surface area contributed by atoms with Crippen molar-refractivity contribution in [3.05, 3.63) is 87.4 Å². The Hall–Kier alpha value is -2.17. The summed E-state index contributed by atoms with van der Waals surface area (Å²) in [6, 6.07) is 21.8. The molecule has 134 valence electrons. The molecule has 0 aliphatic rings. The maximum atomic E-state index is 6.15. The number of nitrogens with one attached hydrogen (secondary N) is 1. The van der Waals surface area contributed by atoms with Gasteiger partial charge in [0.1, 0.15) is 18.1 Å². The van der Waals surface area contributed by atoms with Crippen LogP contribution in [0.5, 0.6) is 11.5 Å². The molecule has 0 bridgehead atoms. The van der Waals surface area contributed by atoms with Crippen LogP contribution in [0.4, 0.5) is 5.69 Å². The van der Waals surface area contributed by atoms with E-state index >= 15 is 0 Å². The maximum Gasteiger partial charge on any atom is 0.137 e. The molecule has 0 saturated carbocycles. The first-order valence-corrected chi connectivity index (χ1v) is 9.35. The lowest BCUT2D eigenvalue weighted by atomic mass is 10.2. The van der Waals surface area contributed by atoms with E-state index in [-0.39, 0.29) is 0 Å². The second-order valence-electron chi connectivity index (χ2n) is 5.74. The lowest BCUT2D eigenvalue weighted by molar-refractivity contribution is 0.304. The summed E-state index contributed by atoms with van der Waals surface area (Å²) in [5.41, 5.74) is 3.22. The number of anilines is 1. The van der Waals surface area contributed by atoms with Crippen LogP contribution in [-0.4, -0.2) is 7.11 Å². The highest BCUT2D eigenvalue weighted by Gasteiger charge is 2.05. The zero-order chi connectivity index (χ0) is 18.4. The Morgan fingerprint density at radius 3 is 2.38 bits per heavy atom. The third-order valence-electron chi connectivity index (χ3n) is 3.88. The Bertz CT molecular complexity index is 871. The second kappa shape index (κ2) is 8.97. The highest BCUT2D eigenvalue weighted by atomic mass is 79.9. The summed E-state index contributed by atoms with van der Waals surface area (Å²) >= 11 is 9.74. The van der Waals surface area contributed by atoms with Crippen molar-refractivity contribution in [1.82, 2.24) is 0 Å². The molecule has 0 spiro atoms. The van der Waals surface area contributed by atoms with E-state index in [2.05, 4.69) is 27.3 Å². The van der Waals surface area contributed by atoms with Gasteiger partial charge in [0, 0.05) is 12.2 Å². The average molecular weight is 433 g/mol. The predicted octanol–water partition coefficient (Wildman–Crippen LogP) is 6.30. The molecule has 0 heterocycles. The first-order valence-electron chi connectivity index (χ1n) is 8.18. The Morgan fingerprint density at radius 2 is 1.69 bits per heavy atom. The van der Waals surface area contributed by atoms with Crippen LogP contribution < -0.4 is 14.8 Å². The first kappa shape index (κ1) is 18.6. The fraction of sp³-hybridized carbons (Fsp3) is 0.143. The van der Waals surface area contributed by atoms with Gasteiger partial charge in [-0.15, -0.1) is 0 Å².